The van der Waals surface area contributed by atoms with E-state index in [2.05, 4.69) is 25.2 Å². The molecule has 11 heterocycles. The fourth-order valence-electron chi connectivity index (χ4n) is 9.47. The van der Waals surface area contributed by atoms with Crippen LogP contribution in [0, 0.1) is 18.6 Å². The molecule has 5 atom stereocenters. The number of aryl methyl sites for hydroxylation is 1. The lowest BCUT2D eigenvalue weighted by Crippen LogP contribution is -2.69. The molecule has 7 aromatic rings. The van der Waals surface area contributed by atoms with E-state index in [0.717, 1.165) is 47.6 Å². The number of amides is 1. The van der Waals surface area contributed by atoms with Crippen molar-refractivity contribution >= 4 is 73.6 Å². The monoisotopic (exact) mass is 864 g/mol. The number of rotatable bonds is 5. The molecule has 312 valence electrons. The highest BCUT2D eigenvalue weighted by Gasteiger charge is 2.48. The van der Waals surface area contributed by atoms with Gasteiger partial charge in [0, 0.05) is 70.2 Å². The summed E-state index contributed by atoms with van der Waals surface area (Å²) in [6, 6.07) is 8.06. The SMILES string of the molecule is CO[C@H]1CN(C)C(=O)[C@@H]2C[C@@H](CN2c2nc(N3C4CC3CN(c3nccs3)C4)nc3c2cnn3-c2ccc(F)cc2F)Nc2ccc(Cl)c(n2)-c2nccc3nc(C)n(c23)C1. The van der Waals surface area contributed by atoms with Crippen molar-refractivity contribution in [2.24, 2.45) is 0 Å². The maximum atomic E-state index is 15.5. The van der Waals surface area contributed by atoms with Gasteiger partial charge in [0.25, 0.3) is 0 Å². The number of halogens is 3. The number of benzene rings is 1. The maximum Gasteiger partial charge on any atom is 0.245 e. The van der Waals surface area contributed by atoms with Gasteiger partial charge in [0.05, 0.1) is 52.4 Å². The number of imidazole rings is 1. The van der Waals surface area contributed by atoms with Crippen LogP contribution in [0.5, 0.6) is 0 Å². The van der Waals surface area contributed by atoms with Crippen LogP contribution in [0.1, 0.15) is 18.7 Å². The number of ether oxygens (including phenoxy) is 1. The highest BCUT2D eigenvalue weighted by atomic mass is 35.5. The standard InChI is InChI=1S/C41H39ClF2N14O2S/c1-21-48-30-8-9-45-35-34-28(42)5-7-33(50-34)49-23-13-32(39(59)53(2)19-26(60-3)20-55(21)36(30)35)56(16-23)37-27-15-47-58(31-6-4-22(43)12-29(31)44)38(27)52-40(51-37)57-24-14-25(57)18-54(17-24)41-46-10-11-61-41/h4-12,15,23-26,32H,13-14,16-20H2,1-3H3,(H,49,50)/t23-,24?,25?,26-,32-/m0/s1. The van der Waals surface area contributed by atoms with E-state index in [4.69, 9.17) is 41.3 Å². The van der Waals surface area contributed by atoms with Crippen LogP contribution in [0.4, 0.5) is 31.5 Å². The van der Waals surface area contributed by atoms with Gasteiger partial charge in [0.1, 0.15) is 46.4 Å². The van der Waals surface area contributed by atoms with Crippen molar-refractivity contribution in [2.75, 3.05) is 60.4 Å². The summed E-state index contributed by atoms with van der Waals surface area (Å²) >= 11 is 8.47. The first kappa shape index (κ1) is 37.9. The number of carbonyl (C=O) groups is 1. The number of carbonyl (C=O) groups excluding carboxylic acids is 1. The molecule has 0 radical (unpaired) electrons. The molecule has 1 N–H and O–H groups in total. The second kappa shape index (κ2) is 14.6. The second-order valence-corrected chi connectivity index (χ2v) is 17.3. The lowest BCUT2D eigenvalue weighted by atomic mass is 9.88. The van der Waals surface area contributed by atoms with Crippen molar-refractivity contribution in [2.45, 2.75) is 56.6 Å². The number of piperidine rings is 1. The van der Waals surface area contributed by atoms with E-state index in [1.165, 1.54) is 16.8 Å². The summed E-state index contributed by atoms with van der Waals surface area (Å²) in [7, 11) is 3.42. The summed E-state index contributed by atoms with van der Waals surface area (Å²) in [5, 5.41) is 12.1. The third-order valence-corrected chi connectivity index (χ3v) is 13.5. The summed E-state index contributed by atoms with van der Waals surface area (Å²) in [6.45, 7) is 4.40. The zero-order chi connectivity index (χ0) is 41.7. The zero-order valence-corrected chi connectivity index (χ0v) is 34.9. The Morgan fingerprint density at radius 2 is 1.79 bits per heavy atom. The molecule has 6 bridgehead atoms. The van der Waals surface area contributed by atoms with Crippen LogP contribution in [0.25, 0.3) is 39.1 Å². The quantitative estimate of drug-likeness (QED) is 0.238. The topological polar surface area (TPSA) is 151 Å². The normalized spacial score (nSPS) is 22.7. The molecule has 2 unspecified atom stereocenters. The molecule has 6 aromatic heterocycles. The molecule has 1 aromatic carbocycles. The second-order valence-electron chi connectivity index (χ2n) is 16.1. The maximum absolute atomic E-state index is 15.5. The van der Waals surface area contributed by atoms with Crippen molar-refractivity contribution in [3.63, 3.8) is 0 Å². The van der Waals surface area contributed by atoms with Gasteiger partial charge >= 0.3 is 0 Å². The summed E-state index contributed by atoms with van der Waals surface area (Å²) < 4.78 is 39.1. The van der Waals surface area contributed by atoms with Gasteiger partial charge in [0.15, 0.2) is 16.6 Å². The van der Waals surface area contributed by atoms with Gasteiger partial charge in [-0.25, -0.2) is 28.4 Å². The Morgan fingerprint density at radius 3 is 2.57 bits per heavy atom. The van der Waals surface area contributed by atoms with E-state index in [1.807, 2.05) is 40.1 Å². The number of aromatic nitrogens is 9. The van der Waals surface area contributed by atoms with Crippen LogP contribution in [0.15, 0.2) is 60.4 Å². The number of pyridine rings is 2. The number of hydrogen-bond donors (Lipinski definition) is 1. The molecule has 0 saturated carbocycles. The Bertz CT molecular complexity index is 2840. The Hall–Kier alpha value is -6.05. The largest absolute Gasteiger partial charge is 0.378 e. The number of thiazole rings is 1. The molecule has 5 aliphatic rings. The minimum atomic E-state index is -0.785. The molecule has 16 nitrogen and oxygen atoms in total. The van der Waals surface area contributed by atoms with Gasteiger partial charge in [-0.1, -0.05) is 11.6 Å². The van der Waals surface area contributed by atoms with Crippen molar-refractivity contribution in [3.8, 4) is 17.1 Å². The highest BCUT2D eigenvalue weighted by Crippen LogP contribution is 2.41. The Kier molecular flexibility index (Phi) is 9.05. The molecule has 4 fully saturated rings. The van der Waals surface area contributed by atoms with Crippen LogP contribution < -0.4 is 20.0 Å². The van der Waals surface area contributed by atoms with Gasteiger partial charge in [-0.05, 0) is 50.1 Å². The van der Waals surface area contributed by atoms with Crippen molar-refractivity contribution in [1.82, 2.24) is 49.2 Å². The van der Waals surface area contributed by atoms with E-state index in [0.29, 0.717) is 64.5 Å². The van der Waals surface area contributed by atoms with Crippen molar-refractivity contribution in [1.29, 1.82) is 0 Å². The predicted octanol–water partition coefficient (Wildman–Crippen LogP) is 5.33. The zero-order valence-electron chi connectivity index (χ0n) is 33.3. The van der Waals surface area contributed by atoms with E-state index >= 15 is 4.39 Å². The molecule has 0 aliphatic carbocycles. The fourth-order valence-corrected chi connectivity index (χ4v) is 10.3. The van der Waals surface area contributed by atoms with Gasteiger partial charge in [0.2, 0.25) is 11.9 Å². The van der Waals surface area contributed by atoms with Crippen LogP contribution in [-0.4, -0.2) is 126 Å². The average Bonchev–Trinajstić information content (AvgIpc) is 4.08. The predicted molar refractivity (Wildman–Crippen MR) is 228 cm³/mol. The molecule has 5 aliphatic heterocycles. The minimum Gasteiger partial charge on any atom is -0.378 e. The van der Waals surface area contributed by atoms with E-state index < -0.39 is 23.8 Å². The van der Waals surface area contributed by atoms with E-state index in [9.17, 15) is 9.18 Å². The third kappa shape index (κ3) is 6.31. The summed E-state index contributed by atoms with van der Waals surface area (Å²) in [4.78, 5) is 52.6. The van der Waals surface area contributed by atoms with Crippen LogP contribution in [-0.2, 0) is 16.1 Å². The van der Waals surface area contributed by atoms with Gasteiger partial charge < -0.3 is 34.2 Å². The fraction of sp³-hybridized carbons (Fsp3) is 0.366. The first-order chi connectivity index (χ1) is 29.6. The van der Waals surface area contributed by atoms with Gasteiger partial charge in [-0.3, -0.25) is 9.78 Å². The molecule has 0 spiro atoms. The van der Waals surface area contributed by atoms with Crippen LogP contribution in [0.3, 0.4) is 0 Å². The highest BCUT2D eigenvalue weighted by molar-refractivity contribution is 7.13. The number of methoxy groups -OCH3 is 1. The lowest BCUT2D eigenvalue weighted by Gasteiger charge is -2.56. The van der Waals surface area contributed by atoms with E-state index in [1.54, 1.807) is 48.9 Å². The molecule has 4 saturated heterocycles. The Morgan fingerprint density at radius 1 is 0.934 bits per heavy atom. The summed E-state index contributed by atoms with van der Waals surface area (Å²) in [5.41, 5.74) is 2.98. The Balaban J connectivity index is 1.03. The van der Waals surface area contributed by atoms with Crippen molar-refractivity contribution < 1.29 is 18.3 Å². The average molecular weight is 865 g/mol. The van der Waals surface area contributed by atoms with Crippen molar-refractivity contribution in [3.05, 3.63) is 82.9 Å². The summed E-state index contributed by atoms with van der Waals surface area (Å²) in [5.74, 6) is 0.621. The number of fused-ring (bicyclic) bond motifs is 8. The molecule has 61 heavy (non-hydrogen) atoms. The van der Waals surface area contributed by atoms with E-state index in [-0.39, 0.29) is 36.3 Å². The number of nitrogens with one attached hydrogen (secondary N) is 1. The number of likely N-dealkylation sites (N-methyl/N-ethyl adjacent to an activating group) is 1. The smallest absolute Gasteiger partial charge is 0.245 e. The molecular formula is C41H39ClF2N14O2S. The first-order valence-corrected chi connectivity index (χ1v) is 21.3. The molecule has 20 heteroatoms. The molecular weight excluding hydrogens is 826 g/mol. The summed E-state index contributed by atoms with van der Waals surface area (Å²) in [6.07, 6.45) is 6.03. The number of anilines is 4. The van der Waals surface area contributed by atoms with Gasteiger partial charge in [-0.15, -0.1) is 11.3 Å². The van der Waals surface area contributed by atoms with Crippen LogP contribution >= 0.6 is 22.9 Å². The third-order valence-electron chi connectivity index (χ3n) is 12.3. The lowest BCUT2D eigenvalue weighted by molar-refractivity contribution is -0.132. The number of hydrogen-bond acceptors (Lipinski definition) is 14. The number of nitrogens with zero attached hydrogens (tertiary/aromatic N) is 13. The minimum absolute atomic E-state index is 0.0391. The molecule has 1 amide bonds. The Labute approximate surface area is 356 Å². The number of piperazine rings is 1. The molecule has 12 rings (SSSR count). The van der Waals surface area contributed by atoms with Gasteiger partial charge in [-0.2, -0.15) is 15.1 Å². The van der Waals surface area contributed by atoms with Crippen LogP contribution in [0.2, 0.25) is 5.02 Å². The first-order valence-electron chi connectivity index (χ1n) is 20.1.